The van der Waals surface area contributed by atoms with E-state index in [-0.39, 0.29) is 11.9 Å². The summed E-state index contributed by atoms with van der Waals surface area (Å²) >= 11 is 0. The average molecular weight is 257 g/mol. The van der Waals surface area contributed by atoms with Gasteiger partial charge in [-0.1, -0.05) is 35.9 Å². The summed E-state index contributed by atoms with van der Waals surface area (Å²) in [7, 11) is 1.95. The number of hydrogen-bond acceptors (Lipinski definition) is 1. The molecule has 0 radical (unpaired) electrons. The summed E-state index contributed by atoms with van der Waals surface area (Å²) < 4.78 is 13.2. The molecule has 0 aliphatic heterocycles. The van der Waals surface area contributed by atoms with E-state index in [1.54, 1.807) is 6.07 Å². The minimum atomic E-state index is -0.175. The van der Waals surface area contributed by atoms with Gasteiger partial charge in [0, 0.05) is 6.04 Å². The molecule has 0 aliphatic rings. The van der Waals surface area contributed by atoms with E-state index in [9.17, 15) is 4.39 Å². The minimum Gasteiger partial charge on any atom is -0.313 e. The molecule has 1 nitrogen and oxygen atoms in total. The maximum Gasteiger partial charge on any atom is 0.123 e. The Labute approximate surface area is 114 Å². The minimum absolute atomic E-state index is 0.175. The molecule has 0 heterocycles. The van der Waals surface area contributed by atoms with Gasteiger partial charge in [-0.2, -0.15) is 0 Å². The second-order valence-corrected chi connectivity index (χ2v) is 5.03. The zero-order valence-electron chi connectivity index (χ0n) is 11.7. The van der Waals surface area contributed by atoms with Gasteiger partial charge in [-0.15, -0.1) is 0 Å². The van der Waals surface area contributed by atoms with Gasteiger partial charge in [0.1, 0.15) is 5.82 Å². The molecule has 0 bridgehead atoms. The molecular weight excluding hydrogens is 237 g/mol. The third kappa shape index (κ3) is 3.42. The van der Waals surface area contributed by atoms with Crippen molar-refractivity contribution in [2.45, 2.75) is 26.3 Å². The molecule has 1 N–H and O–H groups in total. The van der Waals surface area contributed by atoms with Gasteiger partial charge in [0.05, 0.1) is 0 Å². The zero-order chi connectivity index (χ0) is 13.8. The molecule has 2 heteroatoms. The Hall–Kier alpha value is -1.67. The Kier molecular flexibility index (Phi) is 4.33. The van der Waals surface area contributed by atoms with Gasteiger partial charge in [-0.25, -0.2) is 4.39 Å². The Morgan fingerprint density at radius 1 is 1.05 bits per heavy atom. The molecule has 2 rings (SSSR count). The number of rotatable bonds is 4. The van der Waals surface area contributed by atoms with Crippen molar-refractivity contribution < 1.29 is 4.39 Å². The van der Waals surface area contributed by atoms with E-state index in [1.807, 2.05) is 20.0 Å². The van der Waals surface area contributed by atoms with Gasteiger partial charge in [0.25, 0.3) is 0 Å². The van der Waals surface area contributed by atoms with Crippen molar-refractivity contribution in [1.82, 2.24) is 5.32 Å². The van der Waals surface area contributed by atoms with Crippen molar-refractivity contribution in [3.05, 3.63) is 70.5 Å². The van der Waals surface area contributed by atoms with Crippen LogP contribution in [0.2, 0.25) is 0 Å². The van der Waals surface area contributed by atoms with Crippen LogP contribution in [0.25, 0.3) is 0 Å². The van der Waals surface area contributed by atoms with Crippen LogP contribution in [0, 0.1) is 19.7 Å². The normalized spacial score (nSPS) is 12.4. The lowest BCUT2D eigenvalue weighted by molar-refractivity contribution is 0.582. The maximum atomic E-state index is 13.2. The largest absolute Gasteiger partial charge is 0.313 e. The molecule has 100 valence electrons. The van der Waals surface area contributed by atoms with Crippen LogP contribution in [-0.4, -0.2) is 7.05 Å². The quantitative estimate of drug-likeness (QED) is 0.874. The molecular formula is C17H20FN. The number of halogens is 1. The van der Waals surface area contributed by atoms with Crippen LogP contribution in [0.1, 0.15) is 28.3 Å². The molecule has 1 atom stereocenters. The molecule has 1 unspecified atom stereocenters. The molecule has 0 fully saturated rings. The Bertz CT molecular complexity index is 546. The molecule has 0 spiro atoms. The van der Waals surface area contributed by atoms with Gasteiger partial charge in [-0.05, 0) is 56.1 Å². The smallest absolute Gasteiger partial charge is 0.123 e. The number of likely N-dealkylation sites (N-methyl/N-ethyl adjacent to an activating group) is 1. The van der Waals surface area contributed by atoms with Crippen molar-refractivity contribution >= 4 is 0 Å². The van der Waals surface area contributed by atoms with E-state index in [1.165, 1.54) is 17.2 Å². The Balaban J connectivity index is 2.22. The molecule has 0 aliphatic carbocycles. The van der Waals surface area contributed by atoms with E-state index in [0.717, 1.165) is 17.5 Å². The molecule has 0 amide bonds. The van der Waals surface area contributed by atoms with E-state index >= 15 is 0 Å². The second kappa shape index (κ2) is 5.98. The van der Waals surface area contributed by atoms with Crippen molar-refractivity contribution in [2.75, 3.05) is 7.05 Å². The van der Waals surface area contributed by atoms with Gasteiger partial charge >= 0.3 is 0 Å². The molecule has 2 aromatic rings. The van der Waals surface area contributed by atoms with Crippen molar-refractivity contribution in [1.29, 1.82) is 0 Å². The molecule has 0 saturated heterocycles. The fourth-order valence-corrected chi connectivity index (χ4v) is 2.36. The van der Waals surface area contributed by atoms with Crippen LogP contribution in [0.5, 0.6) is 0 Å². The summed E-state index contributed by atoms with van der Waals surface area (Å²) in [4.78, 5) is 0. The third-order valence-corrected chi connectivity index (χ3v) is 3.52. The topological polar surface area (TPSA) is 12.0 Å². The highest BCUT2D eigenvalue weighted by Gasteiger charge is 2.12. The van der Waals surface area contributed by atoms with E-state index < -0.39 is 0 Å². The number of hydrogen-bond donors (Lipinski definition) is 1. The monoisotopic (exact) mass is 257 g/mol. The van der Waals surface area contributed by atoms with Crippen LogP contribution in [-0.2, 0) is 6.42 Å². The first kappa shape index (κ1) is 13.8. The van der Waals surface area contributed by atoms with Crippen LogP contribution < -0.4 is 5.32 Å². The average Bonchev–Trinajstić information content (AvgIpc) is 2.39. The van der Waals surface area contributed by atoms with E-state index in [4.69, 9.17) is 0 Å². The summed E-state index contributed by atoms with van der Waals surface area (Å²) in [5, 5.41) is 3.32. The lowest BCUT2D eigenvalue weighted by Gasteiger charge is -2.19. The highest BCUT2D eigenvalue weighted by Crippen LogP contribution is 2.22. The molecule has 0 saturated carbocycles. The summed E-state index contributed by atoms with van der Waals surface area (Å²) in [6, 6.07) is 13.8. The van der Waals surface area contributed by atoms with Gasteiger partial charge in [-0.3, -0.25) is 0 Å². The van der Waals surface area contributed by atoms with Crippen LogP contribution in [0.3, 0.4) is 0 Å². The summed E-state index contributed by atoms with van der Waals surface area (Å²) in [5.41, 5.74) is 4.70. The lowest BCUT2D eigenvalue weighted by atomic mass is 9.95. The zero-order valence-corrected chi connectivity index (χ0v) is 11.7. The standard InChI is InChI=1S/C17H20FN/c1-12-4-6-14(7-5-12)11-17(19-3)16-9-8-15(18)10-13(16)2/h4-10,17,19H,11H2,1-3H3. The number of aryl methyl sites for hydroxylation is 2. The predicted octanol–water partition coefficient (Wildman–Crippen LogP) is 3.95. The van der Waals surface area contributed by atoms with Gasteiger partial charge < -0.3 is 5.32 Å². The number of benzene rings is 2. The summed E-state index contributed by atoms with van der Waals surface area (Å²) in [6.45, 7) is 4.04. The fourth-order valence-electron chi connectivity index (χ4n) is 2.36. The van der Waals surface area contributed by atoms with E-state index in [2.05, 4.69) is 36.5 Å². The maximum absolute atomic E-state index is 13.2. The molecule has 19 heavy (non-hydrogen) atoms. The highest BCUT2D eigenvalue weighted by atomic mass is 19.1. The van der Waals surface area contributed by atoms with Crippen molar-refractivity contribution in [2.24, 2.45) is 0 Å². The van der Waals surface area contributed by atoms with Gasteiger partial charge in [0.15, 0.2) is 0 Å². The number of nitrogens with one attached hydrogen (secondary N) is 1. The SMILES string of the molecule is CNC(Cc1ccc(C)cc1)c1ccc(F)cc1C. The second-order valence-electron chi connectivity index (χ2n) is 5.03. The first-order valence-corrected chi connectivity index (χ1v) is 6.59. The summed E-state index contributed by atoms with van der Waals surface area (Å²) in [6.07, 6.45) is 0.906. The Morgan fingerprint density at radius 3 is 2.32 bits per heavy atom. The summed E-state index contributed by atoms with van der Waals surface area (Å²) in [5.74, 6) is -0.175. The highest BCUT2D eigenvalue weighted by molar-refractivity contribution is 5.32. The molecule has 2 aromatic carbocycles. The van der Waals surface area contributed by atoms with Crippen LogP contribution >= 0.6 is 0 Å². The van der Waals surface area contributed by atoms with Gasteiger partial charge in [0.2, 0.25) is 0 Å². The van der Waals surface area contributed by atoms with Crippen molar-refractivity contribution in [3.8, 4) is 0 Å². The first-order valence-electron chi connectivity index (χ1n) is 6.59. The van der Waals surface area contributed by atoms with Crippen molar-refractivity contribution in [3.63, 3.8) is 0 Å². The Morgan fingerprint density at radius 2 is 1.74 bits per heavy atom. The predicted molar refractivity (Wildman–Crippen MR) is 77.8 cm³/mol. The molecule has 0 aromatic heterocycles. The first-order chi connectivity index (χ1) is 9.10. The van der Waals surface area contributed by atoms with E-state index in [0.29, 0.717) is 0 Å². The van der Waals surface area contributed by atoms with Crippen LogP contribution in [0.15, 0.2) is 42.5 Å². The van der Waals surface area contributed by atoms with Crippen LogP contribution in [0.4, 0.5) is 4.39 Å². The third-order valence-electron chi connectivity index (χ3n) is 3.52. The fraction of sp³-hybridized carbons (Fsp3) is 0.294. The lowest BCUT2D eigenvalue weighted by Crippen LogP contribution is -2.19.